The summed E-state index contributed by atoms with van der Waals surface area (Å²) in [7, 11) is 0. The van der Waals surface area contributed by atoms with Crippen molar-refractivity contribution in [3.05, 3.63) is 0 Å². The Balaban J connectivity index is 0.000000164. The first-order chi connectivity index (χ1) is 10.3. The Hall–Kier alpha value is -0.120. The van der Waals surface area contributed by atoms with Crippen LogP contribution < -0.4 is 0 Å². The summed E-state index contributed by atoms with van der Waals surface area (Å²) >= 11 is 0. The summed E-state index contributed by atoms with van der Waals surface area (Å²) in [4.78, 5) is 5.11. The topological polar surface area (TPSA) is 15.7 Å². The molecule has 1 aliphatic carbocycles. The molecule has 3 rings (SSSR count). The Bertz CT molecular complexity index is 323. The number of ether oxygens (including phenoxy) is 1. The quantitative estimate of drug-likeness (QED) is 0.733. The number of morpholine rings is 1. The maximum absolute atomic E-state index is 5.25. The lowest BCUT2D eigenvalue weighted by Crippen LogP contribution is -2.47. The standard InChI is InChI=1S/C11H21N.C8H17NO/c1-10(2)12-8-7-11(9-12)5-3-4-6-11;1-8(2,3)9-4-6-10-7-5-9/h10H,3-9H2,1-2H3;4-7H2,1-3H3. The highest BCUT2D eigenvalue weighted by Gasteiger charge is 2.40. The highest BCUT2D eigenvalue weighted by atomic mass is 16.5. The van der Waals surface area contributed by atoms with Gasteiger partial charge in [0, 0.05) is 31.2 Å². The van der Waals surface area contributed by atoms with Crippen LogP contribution in [0.5, 0.6) is 0 Å². The molecular formula is C19H38N2O. The molecule has 0 radical (unpaired) electrons. The van der Waals surface area contributed by atoms with Gasteiger partial charge in [-0.3, -0.25) is 4.90 Å². The third kappa shape index (κ3) is 4.94. The summed E-state index contributed by atoms with van der Waals surface area (Å²) in [5.41, 5.74) is 1.09. The minimum absolute atomic E-state index is 0.323. The highest BCUT2D eigenvalue weighted by molar-refractivity contribution is 4.93. The van der Waals surface area contributed by atoms with Gasteiger partial charge in [0.2, 0.25) is 0 Å². The molecule has 0 aromatic rings. The van der Waals surface area contributed by atoms with Crippen molar-refractivity contribution in [1.29, 1.82) is 0 Å². The van der Waals surface area contributed by atoms with Gasteiger partial charge in [-0.2, -0.15) is 0 Å². The molecule has 3 fully saturated rings. The van der Waals surface area contributed by atoms with Crippen LogP contribution in [-0.4, -0.2) is 60.8 Å². The number of hydrogen-bond acceptors (Lipinski definition) is 3. The second-order valence-electron chi connectivity index (χ2n) is 8.79. The van der Waals surface area contributed by atoms with Gasteiger partial charge in [0.15, 0.2) is 0 Å². The van der Waals surface area contributed by atoms with E-state index in [4.69, 9.17) is 4.74 Å². The maximum Gasteiger partial charge on any atom is 0.0594 e. The normalized spacial score (nSPS) is 26.5. The molecule has 1 saturated carbocycles. The largest absolute Gasteiger partial charge is 0.379 e. The van der Waals surface area contributed by atoms with Gasteiger partial charge in [-0.15, -0.1) is 0 Å². The van der Waals surface area contributed by atoms with Gasteiger partial charge in [0.25, 0.3) is 0 Å². The molecule has 3 heteroatoms. The van der Waals surface area contributed by atoms with Crippen molar-refractivity contribution >= 4 is 0 Å². The first-order valence-electron chi connectivity index (χ1n) is 9.39. The summed E-state index contributed by atoms with van der Waals surface area (Å²) < 4.78 is 5.25. The van der Waals surface area contributed by atoms with Crippen LogP contribution in [0.3, 0.4) is 0 Å². The fraction of sp³-hybridized carbons (Fsp3) is 1.00. The van der Waals surface area contributed by atoms with Crippen molar-refractivity contribution in [3.8, 4) is 0 Å². The van der Waals surface area contributed by atoms with E-state index in [1.54, 1.807) is 0 Å². The second kappa shape index (κ2) is 7.63. The van der Waals surface area contributed by atoms with Crippen LogP contribution in [0.4, 0.5) is 0 Å². The molecule has 22 heavy (non-hydrogen) atoms. The van der Waals surface area contributed by atoms with Crippen LogP contribution in [-0.2, 0) is 4.74 Å². The van der Waals surface area contributed by atoms with E-state index in [0.717, 1.165) is 37.8 Å². The molecule has 0 atom stereocenters. The van der Waals surface area contributed by atoms with Crippen LogP contribution in [0, 0.1) is 5.41 Å². The smallest absolute Gasteiger partial charge is 0.0594 e. The van der Waals surface area contributed by atoms with Gasteiger partial charge in [-0.05, 0) is 65.8 Å². The Labute approximate surface area is 138 Å². The first kappa shape index (κ1) is 18.2. The third-order valence-corrected chi connectivity index (χ3v) is 5.82. The molecule has 2 saturated heterocycles. The number of likely N-dealkylation sites (tertiary alicyclic amines) is 1. The molecule has 3 nitrogen and oxygen atoms in total. The molecule has 0 amide bonds. The lowest BCUT2D eigenvalue weighted by Gasteiger charge is -2.38. The van der Waals surface area contributed by atoms with Crippen molar-refractivity contribution in [3.63, 3.8) is 0 Å². The van der Waals surface area contributed by atoms with E-state index in [9.17, 15) is 0 Å². The van der Waals surface area contributed by atoms with Crippen LogP contribution in [0.2, 0.25) is 0 Å². The zero-order valence-corrected chi connectivity index (χ0v) is 15.7. The van der Waals surface area contributed by atoms with Gasteiger partial charge >= 0.3 is 0 Å². The Morgan fingerprint density at radius 2 is 1.50 bits per heavy atom. The lowest BCUT2D eigenvalue weighted by atomic mass is 9.86. The number of nitrogens with zero attached hydrogens (tertiary/aromatic N) is 2. The SMILES string of the molecule is CC(C)(C)N1CCOCC1.CC(C)N1CCC2(CCCC2)C1. The Morgan fingerprint density at radius 3 is 1.91 bits per heavy atom. The van der Waals surface area contributed by atoms with E-state index < -0.39 is 0 Å². The zero-order valence-electron chi connectivity index (χ0n) is 15.7. The molecule has 0 aromatic carbocycles. The van der Waals surface area contributed by atoms with E-state index in [1.165, 1.54) is 45.2 Å². The summed E-state index contributed by atoms with van der Waals surface area (Å²) in [6.07, 6.45) is 7.48. The molecule has 0 N–H and O–H groups in total. The van der Waals surface area contributed by atoms with E-state index in [0.29, 0.717) is 5.54 Å². The fourth-order valence-electron chi connectivity index (χ4n) is 4.18. The molecule has 0 aromatic heterocycles. The number of hydrogen-bond donors (Lipinski definition) is 0. The Morgan fingerprint density at radius 1 is 0.909 bits per heavy atom. The van der Waals surface area contributed by atoms with E-state index in [1.807, 2.05) is 0 Å². The van der Waals surface area contributed by atoms with E-state index in [-0.39, 0.29) is 0 Å². The molecule has 3 aliphatic rings. The van der Waals surface area contributed by atoms with Crippen LogP contribution in [0.25, 0.3) is 0 Å². The van der Waals surface area contributed by atoms with Crippen LogP contribution in [0.1, 0.15) is 66.7 Å². The third-order valence-electron chi connectivity index (χ3n) is 5.82. The van der Waals surface area contributed by atoms with Gasteiger partial charge in [-0.25, -0.2) is 0 Å². The predicted molar refractivity (Wildman–Crippen MR) is 94.4 cm³/mol. The molecule has 0 unspecified atom stereocenters. The van der Waals surface area contributed by atoms with Crippen molar-refractivity contribution < 1.29 is 4.74 Å². The summed E-state index contributed by atoms with van der Waals surface area (Å²) in [5.74, 6) is 0. The zero-order chi connectivity index (χ0) is 16.2. The highest BCUT2D eigenvalue weighted by Crippen LogP contribution is 2.45. The summed E-state index contributed by atoms with van der Waals surface area (Å²) in [6, 6.07) is 0.768. The fourth-order valence-corrected chi connectivity index (χ4v) is 4.18. The van der Waals surface area contributed by atoms with Gasteiger partial charge in [0.05, 0.1) is 13.2 Å². The van der Waals surface area contributed by atoms with Gasteiger partial charge in [-0.1, -0.05) is 12.8 Å². The average Bonchev–Trinajstić information content (AvgIpc) is 3.11. The van der Waals surface area contributed by atoms with Crippen molar-refractivity contribution in [2.45, 2.75) is 78.3 Å². The average molecular weight is 311 g/mol. The van der Waals surface area contributed by atoms with Gasteiger partial charge in [0.1, 0.15) is 0 Å². The van der Waals surface area contributed by atoms with Crippen LogP contribution in [0.15, 0.2) is 0 Å². The summed E-state index contributed by atoms with van der Waals surface area (Å²) in [6.45, 7) is 18.1. The molecule has 1 spiro atoms. The van der Waals surface area contributed by atoms with Crippen molar-refractivity contribution in [2.24, 2.45) is 5.41 Å². The summed E-state index contributed by atoms with van der Waals surface area (Å²) in [5, 5.41) is 0. The molecule has 2 aliphatic heterocycles. The van der Waals surface area contributed by atoms with Gasteiger partial charge < -0.3 is 9.64 Å². The lowest BCUT2D eigenvalue weighted by molar-refractivity contribution is -0.00389. The van der Waals surface area contributed by atoms with Crippen molar-refractivity contribution in [1.82, 2.24) is 9.80 Å². The molecule has 0 bridgehead atoms. The van der Waals surface area contributed by atoms with E-state index in [2.05, 4.69) is 44.4 Å². The predicted octanol–water partition coefficient (Wildman–Crippen LogP) is 3.78. The minimum Gasteiger partial charge on any atom is -0.379 e. The van der Waals surface area contributed by atoms with Crippen LogP contribution >= 0.6 is 0 Å². The van der Waals surface area contributed by atoms with Crippen molar-refractivity contribution in [2.75, 3.05) is 39.4 Å². The molecular weight excluding hydrogens is 272 g/mol. The first-order valence-corrected chi connectivity index (χ1v) is 9.39. The monoisotopic (exact) mass is 310 g/mol. The molecule has 2 heterocycles. The number of rotatable bonds is 1. The maximum atomic E-state index is 5.25. The minimum atomic E-state index is 0.323. The van der Waals surface area contributed by atoms with E-state index >= 15 is 0 Å². The second-order valence-corrected chi connectivity index (χ2v) is 8.79. The molecule has 130 valence electrons. The Kier molecular flexibility index (Phi) is 6.32.